The standard InChI is InChI=1S/C17H12F3N3O5S.C17H14F3N3O5S/c1-9-21-16(28-22-9)12-6-14-15(27-8-26-14)7-13(12)23-29(24,25)11-4-2-3-10(5-11)17(18,19)20;1-26-14-7-12(16-21-9-22-28-16)13(8-15(14)27-2)23-29(24,25)11-5-3-4-10(6-11)17(18,19)20/h2-7,23H,8H2,1H3;3-9,23H,1-2H3. The van der Waals surface area contributed by atoms with Crippen LogP contribution >= 0.6 is 0 Å². The number of methoxy groups -OCH3 is 2. The molecule has 3 heterocycles. The Kier molecular flexibility index (Phi) is 11.2. The molecule has 0 amide bonds. The van der Waals surface area contributed by atoms with Gasteiger partial charge in [-0.2, -0.15) is 36.3 Å². The number of alkyl halides is 6. The molecule has 24 heteroatoms. The van der Waals surface area contributed by atoms with Crippen LogP contribution in [0.25, 0.3) is 22.9 Å². The Morgan fingerprint density at radius 2 is 1.19 bits per heavy atom. The van der Waals surface area contributed by atoms with E-state index in [1.54, 1.807) is 6.92 Å². The quantitative estimate of drug-likeness (QED) is 0.131. The molecule has 0 atom stereocenters. The molecule has 0 radical (unpaired) electrons. The first-order valence-corrected chi connectivity index (χ1v) is 18.9. The van der Waals surface area contributed by atoms with Crippen molar-refractivity contribution < 1.29 is 71.2 Å². The number of hydrogen-bond acceptors (Lipinski definition) is 14. The van der Waals surface area contributed by atoms with E-state index in [-0.39, 0.29) is 58.3 Å². The van der Waals surface area contributed by atoms with Gasteiger partial charge < -0.3 is 28.0 Å². The molecule has 0 aliphatic carbocycles. The van der Waals surface area contributed by atoms with E-state index < -0.39 is 53.3 Å². The zero-order chi connectivity index (χ0) is 42.0. The van der Waals surface area contributed by atoms with Gasteiger partial charge in [0.2, 0.25) is 6.79 Å². The van der Waals surface area contributed by atoms with Crippen LogP contribution in [0.2, 0.25) is 0 Å². The number of sulfonamides is 2. The third-order valence-electron chi connectivity index (χ3n) is 7.82. The average molecular weight is 857 g/mol. The molecule has 1 aliphatic rings. The number of halogens is 6. The van der Waals surface area contributed by atoms with Crippen LogP contribution in [0.1, 0.15) is 17.0 Å². The van der Waals surface area contributed by atoms with Crippen molar-refractivity contribution in [2.24, 2.45) is 0 Å². The minimum Gasteiger partial charge on any atom is -0.493 e. The molecule has 0 spiro atoms. The third-order valence-corrected chi connectivity index (χ3v) is 10.5. The van der Waals surface area contributed by atoms with E-state index >= 15 is 0 Å². The van der Waals surface area contributed by atoms with Crippen molar-refractivity contribution in [1.82, 2.24) is 20.3 Å². The van der Waals surface area contributed by atoms with Crippen molar-refractivity contribution in [2.45, 2.75) is 29.1 Å². The average Bonchev–Trinajstić information content (AvgIpc) is 3.97. The lowest BCUT2D eigenvalue weighted by atomic mass is 10.1. The lowest BCUT2D eigenvalue weighted by Gasteiger charge is -2.15. The second-order valence-electron chi connectivity index (χ2n) is 11.7. The SMILES string of the molecule is COc1cc(NS(=O)(=O)c2cccc(C(F)(F)F)c2)c(-c2ncno2)cc1OC.Cc1noc(-c2cc3c(cc2NS(=O)(=O)c2cccc(C(F)(F)F)c2)OCO3)n1. The van der Waals surface area contributed by atoms with E-state index in [1.165, 1.54) is 38.5 Å². The van der Waals surface area contributed by atoms with E-state index in [1.807, 2.05) is 0 Å². The first kappa shape index (κ1) is 41.1. The molecule has 0 saturated heterocycles. The summed E-state index contributed by atoms with van der Waals surface area (Å²) in [4.78, 5) is 6.80. The summed E-state index contributed by atoms with van der Waals surface area (Å²) in [5.41, 5.74) is -1.91. The normalized spacial score (nSPS) is 12.7. The van der Waals surface area contributed by atoms with Gasteiger partial charge in [-0.1, -0.05) is 22.4 Å². The molecular weight excluding hydrogens is 831 g/mol. The number of ether oxygens (including phenoxy) is 4. The lowest BCUT2D eigenvalue weighted by Crippen LogP contribution is -2.15. The van der Waals surface area contributed by atoms with Crippen LogP contribution in [0.15, 0.2) is 98.0 Å². The van der Waals surface area contributed by atoms with Gasteiger partial charge in [0.25, 0.3) is 31.8 Å². The first-order valence-electron chi connectivity index (χ1n) is 16.0. The number of nitrogens with zero attached hydrogens (tertiary/aromatic N) is 4. The Balaban J connectivity index is 0.000000196. The van der Waals surface area contributed by atoms with Crippen molar-refractivity contribution in [3.63, 3.8) is 0 Å². The van der Waals surface area contributed by atoms with Gasteiger partial charge in [-0.05, 0) is 55.5 Å². The Bertz CT molecular complexity index is 2590. The fraction of sp³-hybridized carbons (Fsp3) is 0.176. The number of hydrogen-bond donors (Lipinski definition) is 2. The summed E-state index contributed by atoms with van der Waals surface area (Å²) in [5.74, 6) is 1.30. The van der Waals surface area contributed by atoms with Gasteiger partial charge in [0.05, 0.1) is 57.6 Å². The van der Waals surface area contributed by atoms with Crippen molar-refractivity contribution in [3.8, 4) is 45.9 Å². The van der Waals surface area contributed by atoms with E-state index in [2.05, 4.69) is 29.7 Å². The summed E-state index contributed by atoms with van der Waals surface area (Å²) < 4.78 is 164. The van der Waals surface area contributed by atoms with Gasteiger partial charge in [0, 0.05) is 12.1 Å². The Hall–Kier alpha value is -6.56. The van der Waals surface area contributed by atoms with Crippen molar-refractivity contribution in [1.29, 1.82) is 0 Å². The molecule has 16 nitrogen and oxygen atoms in total. The second kappa shape index (κ2) is 15.8. The zero-order valence-electron chi connectivity index (χ0n) is 29.7. The Morgan fingerprint density at radius 3 is 1.67 bits per heavy atom. The maximum absolute atomic E-state index is 12.9. The van der Waals surface area contributed by atoms with Crippen molar-refractivity contribution >= 4 is 31.4 Å². The number of aromatic nitrogens is 4. The third kappa shape index (κ3) is 9.01. The molecule has 2 aromatic heterocycles. The summed E-state index contributed by atoms with van der Waals surface area (Å²) in [7, 11) is -6.04. The zero-order valence-corrected chi connectivity index (χ0v) is 31.3. The highest BCUT2D eigenvalue weighted by atomic mass is 32.2. The molecule has 0 saturated carbocycles. The van der Waals surface area contributed by atoms with E-state index in [9.17, 15) is 43.2 Å². The number of rotatable bonds is 10. The number of anilines is 2. The molecule has 2 N–H and O–H groups in total. The van der Waals surface area contributed by atoms with Crippen LogP contribution in [0, 0.1) is 6.92 Å². The molecule has 4 aromatic carbocycles. The molecule has 0 fully saturated rings. The van der Waals surface area contributed by atoms with Gasteiger partial charge >= 0.3 is 12.4 Å². The minimum atomic E-state index is -4.69. The fourth-order valence-electron chi connectivity index (χ4n) is 5.13. The number of fused-ring (bicyclic) bond motifs is 1. The number of nitrogens with one attached hydrogen (secondary N) is 2. The summed E-state index contributed by atoms with van der Waals surface area (Å²) in [6, 6.07) is 12.2. The van der Waals surface area contributed by atoms with Gasteiger partial charge in [-0.25, -0.2) is 16.8 Å². The topological polar surface area (TPSA) is 207 Å². The maximum atomic E-state index is 12.9. The number of benzene rings is 4. The van der Waals surface area contributed by atoms with Gasteiger partial charge in [-0.15, -0.1) is 0 Å². The fourth-order valence-corrected chi connectivity index (χ4v) is 7.36. The van der Waals surface area contributed by atoms with Crippen molar-refractivity contribution in [2.75, 3.05) is 30.5 Å². The molecule has 306 valence electrons. The highest BCUT2D eigenvalue weighted by Gasteiger charge is 2.33. The number of aryl methyl sites for hydroxylation is 1. The summed E-state index contributed by atoms with van der Waals surface area (Å²) >= 11 is 0. The molecule has 7 rings (SSSR count). The van der Waals surface area contributed by atoms with Gasteiger partial charge in [0.1, 0.15) is 0 Å². The van der Waals surface area contributed by atoms with Crippen molar-refractivity contribution in [3.05, 3.63) is 96.1 Å². The second-order valence-corrected chi connectivity index (χ2v) is 15.0. The first-order chi connectivity index (χ1) is 27.3. The van der Waals surface area contributed by atoms with Crippen LogP contribution in [-0.2, 0) is 32.4 Å². The lowest BCUT2D eigenvalue weighted by molar-refractivity contribution is -0.138. The van der Waals surface area contributed by atoms with Crippen LogP contribution in [0.3, 0.4) is 0 Å². The molecule has 0 unspecified atom stereocenters. The smallest absolute Gasteiger partial charge is 0.416 e. The Morgan fingerprint density at radius 1 is 0.672 bits per heavy atom. The van der Waals surface area contributed by atoms with Gasteiger partial charge in [0.15, 0.2) is 35.1 Å². The van der Waals surface area contributed by atoms with Crippen LogP contribution in [-0.4, -0.2) is 58.1 Å². The predicted molar refractivity (Wildman–Crippen MR) is 188 cm³/mol. The summed E-state index contributed by atoms with van der Waals surface area (Å²) in [6.45, 7) is 1.51. The minimum absolute atomic E-state index is 0.00235. The molecule has 0 bridgehead atoms. The van der Waals surface area contributed by atoms with E-state index in [0.717, 1.165) is 42.7 Å². The van der Waals surface area contributed by atoms with Crippen LogP contribution in [0.4, 0.5) is 37.7 Å². The largest absolute Gasteiger partial charge is 0.493 e. The molecule has 58 heavy (non-hydrogen) atoms. The van der Waals surface area contributed by atoms with Crippen LogP contribution in [0.5, 0.6) is 23.0 Å². The summed E-state index contributed by atoms with van der Waals surface area (Å²) in [5, 5.41) is 7.13. The Labute approximate surface area is 323 Å². The summed E-state index contributed by atoms with van der Waals surface area (Å²) in [6.07, 6.45) is -8.27. The monoisotopic (exact) mass is 856 g/mol. The molecule has 6 aromatic rings. The van der Waals surface area contributed by atoms with Gasteiger partial charge in [-0.3, -0.25) is 9.44 Å². The maximum Gasteiger partial charge on any atom is 0.416 e. The highest BCUT2D eigenvalue weighted by molar-refractivity contribution is 7.93. The van der Waals surface area contributed by atoms with Crippen LogP contribution < -0.4 is 28.4 Å². The highest BCUT2D eigenvalue weighted by Crippen LogP contribution is 2.42. The molecular formula is C34H26F6N6O10S2. The van der Waals surface area contributed by atoms with E-state index in [4.69, 9.17) is 28.0 Å². The molecule has 1 aliphatic heterocycles. The van der Waals surface area contributed by atoms with E-state index in [0.29, 0.717) is 23.7 Å². The predicted octanol–water partition coefficient (Wildman–Crippen LogP) is 7.17.